The maximum Gasteiger partial charge on any atom is 0.244 e. The highest BCUT2D eigenvalue weighted by Gasteiger charge is 2.12. The van der Waals surface area contributed by atoms with E-state index in [-0.39, 0.29) is 11.7 Å². The third kappa shape index (κ3) is 4.12. The van der Waals surface area contributed by atoms with Crippen LogP contribution >= 0.6 is 22.7 Å². The van der Waals surface area contributed by atoms with Gasteiger partial charge < -0.3 is 5.32 Å². The lowest BCUT2D eigenvalue weighted by atomic mass is 10.2. The summed E-state index contributed by atoms with van der Waals surface area (Å²) in [5.74, 6) is 0.0427. The first-order valence-corrected chi connectivity index (χ1v) is 10.1. The zero-order chi connectivity index (χ0) is 18.6. The van der Waals surface area contributed by atoms with Crippen LogP contribution in [0.2, 0.25) is 0 Å². The van der Waals surface area contributed by atoms with Crippen molar-refractivity contribution in [3.05, 3.63) is 69.6 Å². The first kappa shape index (κ1) is 17.6. The summed E-state index contributed by atoms with van der Waals surface area (Å²) in [5, 5.41) is 13.3. The Morgan fingerprint density at radius 2 is 2.22 bits per heavy atom. The van der Waals surface area contributed by atoms with Gasteiger partial charge in [-0.2, -0.15) is 16.3 Å². The van der Waals surface area contributed by atoms with Crippen molar-refractivity contribution in [3.8, 4) is 11.4 Å². The molecular weight excluding hydrogens is 383 g/mol. The van der Waals surface area contributed by atoms with Gasteiger partial charge >= 0.3 is 0 Å². The number of carbonyl (C=O) groups is 1. The number of amides is 1. The Labute approximate surface area is 162 Å². The molecule has 1 amide bonds. The van der Waals surface area contributed by atoms with Gasteiger partial charge in [0, 0.05) is 30.0 Å². The largest absolute Gasteiger partial charge is 0.352 e. The molecule has 0 spiro atoms. The second kappa shape index (κ2) is 7.81. The molecule has 4 rings (SSSR count). The standard InChI is InChI=1S/C19H15FN4OS2/c20-15-3-1-2-14(10-15)18-22-19-24(23-18)16(12-27-19)6-8-21-17(25)5-4-13-7-9-26-11-13/h1-5,7,9-12H,6,8H2,(H,21,25)/b5-4+. The van der Waals surface area contributed by atoms with Crippen molar-refractivity contribution in [1.29, 1.82) is 0 Å². The maximum absolute atomic E-state index is 13.4. The highest BCUT2D eigenvalue weighted by atomic mass is 32.1. The molecule has 0 bridgehead atoms. The molecular formula is C19H15FN4OS2. The summed E-state index contributed by atoms with van der Waals surface area (Å²) in [6, 6.07) is 8.18. The predicted octanol–water partition coefficient (Wildman–Crippen LogP) is 4.03. The molecule has 3 heterocycles. The summed E-state index contributed by atoms with van der Waals surface area (Å²) in [4.78, 5) is 17.1. The summed E-state index contributed by atoms with van der Waals surface area (Å²) < 4.78 is 15.2. The molecule has 136 valence electrons. The summed E-state index contributed by atoms with van der Waals surface area (Å²) in [7, 11) is 0. The van der Waals surface area contributed by atoms with Gasteiger partial charge in [-0.05, 0) is 40.6 Å². The number of thiophene rings is 1. The van der Waals surface area contributed by atoms with E-state index < -0.39 is 0 Å². The number of hydrogen-bond donors (Lipinski definition) is 1. The lowest BCUT2D eigenvalue weighted by Gasteiger charge is -2.01. The summed E-state index contributed by atoms with van der Waals surface area (Å²) in [5.41, 5.74) is 2.61. The Morgan fingerprint density at radius 1 is 1.30 bits per heavy atom. The van der Waals surface area contributed by atoms with Gasteiger partial charge in [0.1, 0.15) is 5.82 Å². The number of thiazole rings is 1. The third-order valence-corrected chi connectivity index (χ3v) is 5.45. The van der Waals surface area contributed by atoms with Crippen molar-refractivity contribution in [2.75, 3.05) is 6.54 Å². The van der Waals surface area contributed by atoms with Crippen LogP contribution in [0.4, 0.5) is 4.39 Å². The van der Waals surface area contributed by atoms with Crippen molar-refractivity contribution < 1.29 is 9.18 Å². The minimum absolute atomic E-state index is 0.133. The zero-order valence-corrected chi connectivity index (χ0v) is 15.8. The fourth-order valence-electron chi connectivity index (χ4n) is 2.56. The smallest absolute Gasteiger partial charge is 0.244 e. The van der Waals surface area contributed by atoms with Crippen molar-refractivity contribution in [3.63, 3.8) is 0 Å². The van der Waals surface area contributed by atoms with Gasteiger partial charge in [-0.3, -0.25) is 4.79 Å². The fraction of sp³-hybridized carbons (Fsp3) is 0.105. The zero-order valence-electron chi connectivity index (χ0n) is 14.1. The van der Waals surface area contributed by atoms with Gasteiger partial charge in [-0.25, -0.2) is 8.91 Å². The molecule has 3 aromatic heterocycles. The Balaban J connectivity index is 1.40. The summed E-state index contributed by atoms with van der Waals surface area (Å²) >= 11 is 3.06. The van der Waals surface area contributed by atoms with Crippen LogP contribution in [0, 0.1) is 5.82 Å². The van der Waals surface area contributed by atoms with E-state index in [0.717, 1.165) is 16.2 Å². The number of hydrogen-bond acceptors (Lipinski definition) is 5. The monoisotopic (exact) mass is 398 g/mol. The minimum atomic E-state index is -0.316. The Kier molecular flexibility index (Phi) is 5.08. The van der Waals surface area contributed by atoms with E-state index in [1.165, 1.54) is 29.5 Å². The molecule has 0 fully saturated rings. The molecule has 8 heteroatoms. The van der Waals surface area contributed by atoms with Gasteiger partial charge in [0.25, 0.3) is 0 Å². The molecule has 1 N–H and O–H groups in total. The van der Waals surface area contributed by atoms with Gasteiger partial charge in [-0.15, -0.1) is 16.4 Å². The molecule has 0 aliphatic rings. The van der Waals surface area contributed by atoms with Crippen LogP contribution in [-0.4, -0.2) is 27.0 Å². The predicted molar refractivity (Wildman–Crippen MR) is 106 cm³/mol. The summed E-state index contributed by atoms with van der Waals surface area (Å²) in [6.45, 7) is 0.494. The van der Waals surface area contributed by atoms with Gasteiger partial charge in [0.05, 0.1) is 5.69 Å². The number of rotatable bonds is 6. The number of nitrogens with zero attached hydrogens (tertiary/aromatic N) is 3. The molecule has 0 unspecified atom stereocenters. The van der Waals surface area contributed by atoms with E-state index in [1.54, 1.807) is 34.1 Å². The van der Waals surface area contributed by atoms with Crippen LogP contribution in [0.15, 0.2) is 52.5 Å². The topological polar surface area (TPSA) is 59.3 Å². The maximum atomic E-state index is 13.4. The molecule has 5 nitrogen and oxygen atoms in total. The second-order valence-electron chi connectivity index (χ2n) is 5.80. The van der Waals surface area contributed by atoms with E-state index in [9.17, 15) is 9.18 Å². The first-order chi connectivity index (χ1) is 13.2. The van der Waals surface area contributed by atoms with E-state index >= 15 is 0 Å². The van der Waals surface area contributed by atoms with Crippen LogP contribution in [0.25, 0.3) is 22.4 Å². The van der Waals surface area contributed by atoms with Crippen LogP contribution < -0.4 is 5.32 Å². The third-order valence-electron chi connectivity index (χ3n) is 3.88. The average molecular weight is 398 g/mol. The quantitative estimate of drug-likeness (QED) is 0.499. The van der Waals surface area contributed by atoms with Crippen molar-refractivity contribution in [2.24, 2.45) is 0 Å². The average Bonchev–Trinajstić information content (AvgIpc) is 3.38. The van der Waals surface area contributed by atoms with Crippen LogP contribution in [-0.2, 0) is 11.2 Å². The minimum Gasteiger partial charge on any atom is -0.352 e. The van der Waals surface area contributed by atoms with E-state index in [2.05, 4.69) is 15.4 Å². The van der Waals surface area contributed by atoms with E-state index in [4.69, 9.17) is 0 Å². The fourth-order valence-corrected chi connectivity index (χ4v) is 4.05. The Morgan fingerprint density at radius 3 is 3.04 bits per heavy atom. The highest BCUT2D eigenvalue weighted by Crippen LogP contribution is 2.21. The number of carbonyl (C=O) groups excluding carboxylic acids is 1. The molecule has 0 saturated heterocycles. The Hall–Kier alpha value is -2.84. The van der Waals surface area contributed by atoms with Crippen LogP contribution in [0.5, 0.6) is 0 Å². The normalized spacial score (nSPS) is 11.4. The van der Waals surface area contributed by atoms with E-state index in [0.29, 0.717) is 24.4 Å². The number of aromatic nitrogens is 3. The lowest BCUT2D eigenvalue weighted by molar-refractivity contribution is -0.116. The summed E-state index contributed by atoms with van der Waals surface area (Å²) in [6.07, 6.45) is 3.95. The molecule has 0 saturated carbocycles. The molecule has 27 heavy (non-hydrogen) atoms. The molecule has 0 radical (unpaired) electrons. The van der Waals surface area contributed by atoms with Crippen LogP contribution in [0.3, 0.4) is 0 Å². The molecule has 4 aromatic rings. The van der Waals surface area contributed by atoms with E-state index in [1.807, 2.05) is 22.2 Å². The number of nitrogens with one attached hydrogen (secondary N) is 1. The van der Waals surface area contributed by atoms with Crippen molar-refractivity contribution >= 4 is 39.6 Å². The molecule has 0 aliphatic carbocycles. The molecule has 0 aliphatic heterocycles. The van der Waals surface area contributed by atoms with Crippen molar-refractivity contribution in [2.45, 2.75) is 6.42 Å². The lowest BCUT2D eigenvalue weighted by Crippen LogP contribution is -2.23. The van der Waals surface area contributed by atoms with Gasteiger partial charge in [0.15, 0.2) is 5.82 Å². The SMILES string of the molecule is O=C(/C=C/c1ccsc1)NCCc1csc2nc(-c3cccc(F)c3)nn12. The number of fused-ring (bicyclic) bond motifs is 1. The Bertz CT molecular complexity index is 1100. The van der Waals surface area contributed by atoms with Crippen LogP contribution in [0.1, 0.15) is 11.3 Å². The van der Waals surface area contributed by atoms with Crippen molar-refractivity contribution in [1.82, 2.24) is 19.9 Å². The number of halogens is 1. The van der Waals surface area contributed by atoms with Gasteiger partial charge in [-0.1, -0.05) is 12.1 Å². The molecule has 0 atom stereocenters. The molecule has 1 aromatic carbocycles. The van der Waals surface area contributed by atoms with Gasteiger partial charge in [0.2, 0.25) is 10.9 Å². The second-order valence-corrected chi connectivity index (χ2v) is 7.41. The first-order valence-electron chi connectivity index (χ1n) is 8.26. The number of benzene rings is 1. The highest BCUT2D eigenvalue weighted by molar-refractivity contribution is 7.15.